The van der Waals surface area contributed by atoms with Gasteiger partial charge in [0, 0.05) is 19.0 Å². The van der Waals surface area contributed by atoms with E-state index in [9.17, 15) is 14.7 Å². The predicted molar refractivity (Wildman–Crippen MR) is 75.6 cm³/mol. The summed E-state index contributed by atoms with van der Waals surface area (Å²) >= 11 is 0. The zero-order chi connectivity index (χ0) is 14.5. The second kappa shape index (κ2) is 6.41. The Labute approximate surface area is 118 Å². The van der Waals surface area contributed by atoms with Crippen LogP contribution in [0.2, 0.25) is 0 Å². The van der Waals surface area contributed by atoms with Crippen LogP contribution in [0.4, 0.5) is 0 Å². The van der Waals surface area contributed by atoms with Crippen molar-refractivity contribution in [2.45, 2.75) is 38.6 Å². The molecule has 2 rings (SSSR count). The summed E-state index contributed by atoms with van der Waals surface area (Å²) in [5.41, 5.74) is 1.16. The van der Waals surface area contributed by atoms with Gasteiger partial charge in [-0.25, -0.2) is 0 Å². The summed E-state index contributed by atoms with van der Waals surface area (Å²) < 4.78 is 0. The van der Waals surface area contributed by atoms with Gasteiger partial charge < -0.3 is 15.7 Å². The van der Waals surface area contributed by atoms with Crippen LogP contribution in [-0.2, 0) is 4.79 Å². The summed E-state index contributed by atoms with van der Waals surface area (Å²) in [5.74, 6) is -0.293. The number of hydrogen-bond donors (Lipinski definition) is 3. The van der Waals surface area contributed by atoms with E-state index in [2.05, 4.69) is 10.6 Å². The molecule has 3 N–H and O–H groups in total. The van der Waals surface area contributed by atoms with Crippen molar-refractivity contribution in [2.24, 2.45) is 0 Å². The molecule has 1 aliphatic carbocycles. The van der Waals surface area contributed by atoms with Crippen molar-refractivity contribution in [1.82, 2.24) is 10.6 Å². The van der Waals surface area contributed by atoms with Gasteiger partial charge in [-0.2, -0.15) is 0 Å². The maximum atomic E-state index is 11.8. The molecule has 1 saturated carbocycles. The molecular formula is C15H20N2O3. The quantitative estimate of drug-likeness (QED) is 0.689. The monoisotopic (exact) mass is 276 g/mol. The summed E-state index contributed by atoms with van der Waals surface area (Å²) in [4.78, 5) is 23.3. The standard InChI is InChI=1S/C15H20N2O3/c1-10-4-7-12(13(18)9-10)15(20)16-8-2-3-14(19)17-11-5-6-11/h4,7,9,11,18H,2-3,5-6,8H2,1H3,(H,16,20)(H,17,19). The minimum atomic E-state index is -0.315. The van der Waals surface area contributed by atoms with E-state index in [0.29, 0.717) is 25.4 Å². The maximum Gasteiger partial charge on any atom is 0.255 e. The zero-order valence-electron chi connectivity index (χ0n) is 11.6. The van der Waals surface area contributed by atoms with Crippen molar-refractivity contribution >= 4 is 11.8 Å². The molecule has 0 saturated heterocycles. The van der Waals surface area contributed by atoms with Crippen LogP contribution < -0.4 is 10.6 Å². The number of rotatable bonds is 6. The first kappa shape index (κ1) is 14.4. The van der Waals surface area contributed by atoms with E-state index in [-0.39, 0.29) is 23.1 Å². The Balaban J connectivity index is 1.70. The molecule has 0 spiro atoms. The lowest BCUT2D eigenvalue weighted by molar-refractivity contribution is -0.121. The third kappa shape index (κ3) is 4.26. The summed E-state index contributed by atoms with van der Waals surface area (Å²) in [5, 5.41) is 15.3. The number of carbonyl (C=O) groups is 2. The second-order valence-corrected chi connectivity index (χ2v) is 5.22. The van der Waals surface area contributed by atoms with Gasteiger partial charge in [0.1, 0.15) is 5.75 Å². The molecule has 0 atom stereocenters. The molecule has 1 fully saturated rings. The fraction of sp³-hybridized carbons (Fsp3) is 0.467. The molecular weight excluding hydrogens is 256 g/mol. The maximum absolute atomic E-state index is 11.8. The Morgan fingerprint density at radius 2 is 2.10 bits per heavy atom. The van der Waals surface area contributed by atoms with Crippen molar-refractivity contribution in [2.75, 3.05) is 6.54 Å². The molecule has 108 valence electrons. The van der Waals surface area contributed by atoms with E-state index in [1.165, 1.54) is 0 Å². The van der Waals surface area contributed by atoms with Crippen LogP contribution in [0.3, 0.4) is 0 Å². The SMILES string of the molecule is Cc1ccc(C(=O)NCCCC(=O)NC2CC2)c(O)c1. The summed E-state index contributed by atoms with van der Waals surface area (Å²) in [6.45, 7) is 2.27. The molecule has 1 aromatic rings. The average molecular weight is 276 g/mol. The number of benzene rings is 1. The van der Waals surface area contributed by atoms with Crippen LogP contribution in [0.25, 0.3) is 0 Å². The van der Waals surface area contributed by atoms with Gasteiger partial charge in [0.2, 0.25) is 5.91 Å². The van der Waals surface area contributed by atoms with Gasteiger partial charge in [-0.1, -0.05) is 6.07 Å². The Bertz CT molecular complexity index is 510. The van der Waals surface area contributed by atoms with Crippen LogP contribution in [0.5, 0.6) is 5.75 Å². The van der Waals surface area contributed by atoms with E-state index in [4.69, 9.17) is 0 Å². The van der Waals surface area contributed by atoms with Crippen LogP contribution >= 0.6 is 0 Å². The molecule has 0 radical (unpaired) electrons. The van der Waals surface area contributed by atoms with E-state index in [1.807, 2.05) is 6.92 Å². The van der Waals surface area contributed by atoms with Crippen molar-refractivity contribution in [3.63, 3.8) is 0 Å². The van der Waals surface area contributed by atoms with Crippen molar-refractivity contribution < 1.29 is 14.7 Å². The molecule has 0 heterocycles. The third-order valence-electron chi connectivity index (χ3n) is 3.21. The normalized spacial score (nSPS) is 13.8. The van der Waals surface area contributed by atoms with Crippen LogP contribution in [-0.4, -0.2) is 29.5 Å². The lowest BCUT2D eigenvalue weighted by atomic mass is 10.1. The topological polar surface area (TPSA) is 78.4 Å². The predicted octanol–water partition coefficient (Wildman–Crippen LogP) is 1.49. The molecule has 0 bridgehead atoms. The fourth-order valence-electron chi connectivity index (χ4n) is 1.91. The second-order valence-electron chi connectivity index (χ2n) is 5.22. The number of hydrogen-bond acceptors (Lipinski definition) is 3. The Morgan fingerprint density at radius 3 is 2.75 bits per heavy atom. The van der Waals surface area contributed by atoms with Crippen LogP contribution in [0.1, 0.15) is 41.6 Å². The molecule has 5 nitrogen and oxygen atoms in total. The highest BCUT2D eigenvalue weighted by atomic mass is 16.3. The van der Waals surface area contributed by atoms with E-state index >= 15 is 0 Å². The van der Waals surface area contributed by atoms with Gasteiger partial charge in [-0.3, -0.25) is 9.59 Å². The molecule has 0 aromatic heterocycles. The summed E-state index contributed by atoms with van der Waals surface area (Å²) in [7, 11) is 0. The van der Waals surface area contributed by atoms with Crippen molar-refractivity contribution in [3.8, 4) is 5.75 Å². The third-order valence-corrected chi connectivity index (χ3v) is 3.21. The molecule has 2 amide bonds. The minimum Gasteiger partial charge on any atom is -0.507 e. The fourth-order valence-corrected chi connectivity index (χ4v) is 1.91. The minimum absolute atomic E-state index is 0.0195. The Hall–Kier alpha value is -2.04. The number of aromatic hydroxyl groups is 1. The van der Waals surface area contributed by atoms with Gasteiger partial charge in [0.15, 0.2) is 0 Å². The Kier molecular flexibility index (Phi) is 4.61. The highest BCUT2D eigenvalue weighted by molar-refractivity contribution is 5.96. The average Bonchev–Trinajstić information content (AvgIpc) is 3.18. The first-order chi connectivity index (χ1) is 9.56. The largest absolute Gasteiger partial charge is 0.507 e. The molecule has 1 aromatic carbocycles. The summed E-state index contributed by atoms with van der Waals surface area (Å²) in [6, 6.07) is 5.30. The number of amides is 2. The first-order valence-electron chi connectivity index (χ1n) is 6.93. The molecule has 20 heavy (non-hydrogen) atoms. The van der Waals surface area contributed by atoms with Crippen LogP contribution in [0.15, 0.2) is 18.2 Å². The molecule has 0 aliphatic heterocycles. The van der Waals surface area contributed by atoms with Crippen molar-refractivity contribution in [3.05, 3.63) is 29.3 Å². The number of nitrogens with one attached hydrogen (secondary N) is 2. The highest BCUT2D eigenvalue weighted by Gasteiger charge is 2.22. The van der Waals surface area contributed by atoms with E-state index in [0.717, 1.165) is 18.4 Å². The number of carbonyl (C=O) groups excluding carboxylic acids is 2. The van der Waals surface area contributed by atoms with E-state index < -0.39 is 0 Å². The lowest BCUT2D eigenvalue weighted by Crippen LogP contribution is -2.28. The number of phenols is 1. The van der Waals surface area contributed by atoms with Gasteiger partial charge in [0.25, 0.3) is 5.91 Å². The Morgan fingerprint density at radius 1 is 1.35 bits per heavy atom. The molecule has 1 aliphatic rings. The number of aryl methyl sites for hydroxylation is 1. The van der Waals surface area contributed by atoms with E-state index in [1.54, 1.807) is 18.2 Å². The molecule has 0 unspecified atom stereocenters. The smallest absolute Gasteiger partial charge is 0.255 e. The van der Waals surface area contributed by atoms with Gasteiger partial charge in [-0.05, 0) is 43.9 Å². The summed E-state index contributed by atoms with van der Waals surface area (Å²) in [6.07, 6.45) is 3.16. The number of phenolic OH excluding ortho intramolecular Hbond substituents is 1. The lowest BCUT2D eigenvalue weighted by Gasteiger charge is -2.07. The zero-order valence-corrected chi connectivity index (χ0v) is 11.6. The highest BCUT2D eigenvalue weighted by Crippen LogP contribution is 2.19. The molecule has 5 heteroatoms. The van der Waals surface area contributed by atoms with Crippen molar-refractivity contribution in [1.29, 1.82) is 0 Å². The first-order valence-corrected chi connectivity index (χ1v) is 6.93. The van der Waals surface area contributed by atoms with Gasteiger partial charge in [-0.15, -0.1) is 0 Å². The van der Waals surface area contributed by atoms with Gasteiger partial charge >= 0.3 is 0 Å². The van der Waals surface area contributed by atoms with Crippen LogP contribution in [0, 0.1) is 6.92 Å². The van der Waals surface area contributed by atoms with Gasteiger partial charge in [0.05, 0.1) is 5.56 Å².